The van der Waals surface area contributed by atoms with Crippen LogP contribution in [0.1, 0.15) is 13.3 Å². The maximum atomic E-state index is 5.75. The van der Waals surface area contributed by atoms with Gasteiger partial charge in [0.15, 0.2) is 0 Å². The van der Waals surface area contributed by atoms with Crippen molar-refractivity contribution in [2.24, 2.45) is 0 Å². The first kappa shape index (κ1) is 14.9. The van der Waals surface area contributed by atoms with E-state index in [0.717, 1.165) is 0 Å². The third-order valence-electron chi connectivity index (χ3n) is 2.29. The largest absolute Gasteiger partial charge is 0.368 e. The van der Waals surface area contributed by atoms with E-state index in [4.69, 9.17) is 9.47 Å². The molecule has 0 radical (unpaired) electrons. The third kappa shape index (κ3) is 4.60. The van der Waals surface area contributed by atoms with Crippen LogP contribution in [0, 0.1) is 0 Å². The molecule has 2 heteroatoms. The van der Waals surface area contributed by atoms with E-state index in [1.807, 2.05) is 13.0 Å². The third-order valence-corrected chi connectivity index (χ3v) is 2.29. The van der Waals surface area contributed by atoms with Crippen molar-refractivity contribution >= 4 is 0 Å². The second-order valence-electron chi connectivity index (χ2n) is 3.68. The van der Waals surface area contributed by atoms with Crippen molar-refractivity contribution in [2.45, 2.75) is 25.0 Å². The van der Waals surface area contributed by atoms with Gasteiger partial charge >= 0.3 is 0 Å². The smallest absolute Gasteiger partial charge is 0.105 e. The summed E-state index contributed by atoms with van der Waals surface area (Å²) < 4.78 is 11.4. The fourth-order valence-corrected chi connectivity index (χ4v) is 1.46. The van der Waals surface area contributed by atoms with E-state index in [1.165, 1.54) is 0 Å². The molecule has 90 valence electrons. The van der Waals surface area contributed by atoms with Crippen LogP contribution < -0.4 is 0 Å². The van der Waals surface area contributed by atoms with E-state index >= 15 is 0 Å². The minimum atomic E-state index is -0.458. The molecule has 0 aliphatic heterocycles. The maximum Gasteiger partial charge on any atom is 0.105 e. The summed E-state index contributed by atoms with van der Waals surface area (Å²) in [5.74, 6) is 0. The van der Waals surface area contributed by atoms with Gasteiger partial charge in [0.05, 0.1) is 18.8 Å². The molecule has 0 rings (SSSR count). The molecule has 0 saturated carbocycles. The van der Waals surface area contributed by atoms with Crippen molar-refractivity contribution in [1.29, 1.82) is 0 Å². The second-order valence-corrected chi connectivity index (χ2v) is 3.68. The predicted octanol–water partition coefficient (Wildman–Crippen LogP) is 3.28. The molecule has 16 heavy (non-hydrogen) atoms. The molecular formula is C14H22O2. The Kier molecular flexibility index (Phi) is 7.52. The Hall–Kier alpha value is -1.12. The average Bonchev–Trinajstić information content (AvgIpc) is 2.28. The van der Waals surface area contributed by atoms with Gasteiger partial charge < -0.3 is 9.47 Å². The summed E-state index contributed by atoms with van der Waals surface area (Å²) in [4.78, 5) is 0. The summed E-state index contributed by atoms with van der Waals surface area (Å²) in [5.41, 5.74) is -0.458. The highest BCUT2D eigenvalue weighted by atomic mass is 16.5. The molecule has 2 atom stereocenters. The summed E-state index contributed by atoms with van der Waals surface area (Å²) in [5, 5.41) is 0. The summed E-state index contributed by atoms with van der Waals surface area (Å²) in [6, 6.07) is 0. The first-order valence-electron chi connectivity index (χ1n) is 5.35. The number of ether oxygens (including phenoxy) is 2. The van der Waals surface area contributed by atoms with Crippen LogP contribution in [0.15, 0.2) is 50.6 Å². The van der Waals surface area contributed by atoms with Crippen LogP contribution in [-0.4, -0.2) is 24.9 Å². The molecule has 2 nitrogen and oxygen atoms in total. The zero-order chi connectivity index (χ0) is 12.4. The standard InChI is InChI=1S/C14H22O2/c1-6-10-14(5,16-12-8-3)13(9-4)15-11-7-2/h6-9,13H,1-4,10-12H2,5H3/t13-,14+/m0/s1. The maximum absolute atomic E-state index is 5.75. The van der Waals surface area contributed by atoms with E-state index in [9.17, 15) is 0 Å². The lowest BCUT2D eigenvalue weighted by atomic mass is 9.94. The Balaban J connectivity index is 4.65. The molecule has 0 spiro atoms. The highest BCUT2D eigenvalue weighted by molar-refractivity contribution is 5.00. The van der Waals surface area contributed by atoms with Crippen LogP contribution in [-0.2, 0) is 9.47 Å². The Bertz CT molecular complexity index is 245. The highest BCUT2D eigenvalue weighted by Crippen LogP contribution is 2.24. The molecule has 0 aromatic heterocycles. The van der Waals surface area contributed by atoms with Crippen molar-refractivity contribution < 1.29 is 9.47 Å². The molecule has 0 amide bonds. The van der Waals surface area contributed by atoms with E-state index in [2.05, 4.69) is 26.3 Å². The molecule has 0 N–H and O–H groups in total. The van der Waals surface area contributed by atoms with E-state index in [1.54, 1.807) is 18.2 Å². The summed E-state index contributed by atoms with van der Waals surface area (Å²) in [6.07, 6.45) is 7.48. The van der Waals surface area contributed by atoms with Gasteiger partial charge in [-0.25, -0.2) is 0 Å². The molecule has 0 bridgehead atoms. The molecule has 0 heterocycles. The molecule has 0 aliphatic rings. The van der Waals surface area contributed by atoms with Crippen molar-refractivity contribution in [3.05, 3.63) is 50.6 Å². The zero-order valence-electron chi connectivity index (χ0n) is 10.2. The Morgan fingerprint density at radius 2 is 1.69 bits per heavy atom. The molecule has 0 saturated heterocycles. The van der Waals surface area contributed by atoms with Crippen molar-refractivity contribution in [3.63, 3.8) is 0 Å². The normalized spacial score (nSPS) is 15.8. The van der Waals surface area contributed by atoms with Crippen LogP contribution >= 0.6 is 0 Å². The van der Waals surface area contributed by atoms with Gasteiger partial charge in [-0.15, -0.1) is 26.3 Å². The Morgan fingerprint density at radius 3 is 2.12 bits per heavy atom. The van der Waals surface area contributed by atoms with Crippen molar-refractivity contribution in [2.75, 3.05) is 13.2 Å². The molecule has 0 fully saturated rings. The van der Waals surface area contributed by atoms with Gasteiger partial charge in [-0.1, -0.05) is 24.3 Å². The van der Waals surface area contributed by atoms with E-state index in [0.29, 0.717) is 19.6 Å². The first-order valence-corrected chi connectivity index (χ1v) is 5.35. The molecule has 0 aromatic carbocycles. The summed E-state index contributed by atoms with van der Waals surface area (Å²) in [7, 11) is 0. The Labute approximate surface area is 99.0 Å². The van der Waals surface area contributed by atoms with Gasteiger partial charge in [0.1, 0.15) is 6.10 Å². The topological polar surface area (TPSA) is 18.5 Å². The fraction of sp³-hybridized carbons (Fsp3) is 0.429. The average molecular weight is 222 g/mol. The summed E-state index contributed by atoms with van der Waals surface area (Å²) >= 11 is 0. The molecule has 0 aliphatic carbocycles. The monoisotopic (exact) mass is 222 g/mol. The quantitative estimate of drug-likeness (QED) is 0.528. The predicted molar refractivity (Wildman–Crippen MR) is 69.5 cm³/mol. The highest BCUT2D eigenvalue weighted by Gasteiger charge is 2.32. The van der Waals surface area contributed by atoms with Gasteiger partial charge in [0.2, 0.25) is 0 Å². The van der Waals surface area contributed by atoms with Gasteiger partial charge in [0.25, 0.3) is 0 Å². The lowest BCUT2D eigenvalue weighted by Gasteiger charge is -2.34. The van der Waals surface area contributed by atoms with Crippen LogP contribution in [0.5, 0.6) is 0 Å². The first-order chi connectivity index (χ1) is 7.64. The number of hydrogen-bond acceptors (Lipinski definition) is 2. The van der Waals surface area contributed by atoms with Gasteiger partial charge in [0, 0.05) is 0 Å². The Morgan fingerprint density at radius 1 is 1.06 bits per heavy atom. The minimum absolute atomic E-state index is 0.191. The molecule has 0 aromatic rings. The van der Waals surface area contributed by atoms with E-state index in [-0.39, 0.29) is 6.10 Å². The van der Waals surface area contributed by atoms with Gasteiger partial charge in [-0.05, 0) is 13.3 Å². The van der Waals surface area contributed by atoms with Crippen LogP contribution in [0.25, 0.3) is 0 Å². The molecular weight excluding hydrogens is 200 g/mol. The zero-order valence-corrected chi connectivity index (χ0v) is 10.2. The van der Waals surface area contributed by atoms with Crippen LogP contribution in [0.4, 0.5) is 0 Å². The SMILES string of the molecule is C=CCO[C@@H](C=C)[C@@](C)(CC=C)OCC=C. The number of rotatable bonds is 10. The minimum Gasteiger partial charge on any atom is -0.368 e. The van der Waals surface area contributed by atoms with Crippen molar-refractivity contribution in [1.82, 2.24) is 0 Å². The second kappa shape index (κ2) is 8.08. The van der Waals surface area contributed by atoms with Gasteiger partial charge in [-0.3, -0.25) is 0 Å². The fourth-order valence-electron chi connectivity index (χ4n) is 1.46. The lowest BCUT2D eigenvalue weighted by molar-refractivity contribution is -0.103. The van der Waals surface area contributed by atoms with Crippen LogP contribution in [0.3, 0.4) is 0 Å². The molecule has 0 unspecified atom stereocenters. The number of hydrogen-bond donors (Lipinski definition) is 0. The van der Waals surface area contributed by atoms with E-state index < -0.39 is 5.60 Å². The van der Waals surface area contributed by atoms with Crippen LogP contribution in [0.2, 0.25) is 0 Å². The van der Waals surface area contributed by atoms with Crippen molar-refractivity contribution in [3.8, 4) is 0 Å². The lowest BCUT2D eigenvalue weighted by Crippen LogP contribution is -2.42. The summed E-state index contributed by atoms with van der Waals surface area (Å²) in [6.45, 7) is 17.7. The van der Waals surface area contributed by atoms with Gasteiger partial charge in [-0.2, -0.15) is 0 Å².